The van der Waals surface area contributed by atoms with E-state index >= 15 is 0 Å². The molecule has 8 heteroatoms. The average molecular weight is 398 g/mol. The van der Waals surface area contributed by atoms with Gasteiger partial charge in [0.25, 0.3) is 5.91 Å². The molecule has 1 aromatic heterocycles. The second kappa shape index (κ2) is 9.38. The van der Waals surface area contributed by atoms with Gasteiger partial charge in [-0.05, 0) is 29.7 Å². The Kier molecular flexibility index (Phi) is 6.66. The number of nitrogens with zero attached hydrogens (tertiary/aromatic N) is 3. The van der Waals surface area contributed by atoms with Crippen LogP contribution in [0.4, 0.5) is 4.79 Å². The molecule has 0 spiro atoms. The molecule has 1 atom stereocenters. The van der Waals surface area contributed by atoms with Crippen molar-refractivity contribution in [3.63, 3.8) is 0 Å². The number of pyridine rings is 1. The molecule has 3 rings (SSSR count). The quantitative estimate of drug-likeness (QED) is 0.526. The summed E-state index contributed by atoms with van der Waals surface area (Å²) in [6, 6.07) is 10.5. The minimum Gasteiger partial charge on any atom is -0.489 e. The van der Waals surface area contributed by atoms with Crippen molar-refractivity contribution < 1.29 is 19.5 Å². The van der Waals surface area contributed by atoms with Crippen molar-refractivity contribution in [2.45, 2.75) is 33.0 Å². The number of rotatable bonds is 8. The molecule has 1 fully saturated rings. The third-order valence-electron chi connectivity index (χ3n) is 4.90. The molecule has 1 aromatic carbocycles. The number of urea groups is 1. The van der Waals surface area contributed by atoms with Crippen molar-refractivity contribution in [2.75, 3.05) is 13.1 Å². The van der Waals surface area contributed by atoms with Gasteiger partial charge in [-0.3, -0.25) is 15.0 Å². The van der Waals surface area contributed by atoms with Crippen molar-refractivity contribution in [3.05, 3.63) is 59.9 Å². The number of hydrogen-bond donors (Lipinski definition) is 2. The van der Waals surface area contributed by atoms with Gasteiger partial charge in [0.15, 0.2) is 0 Å². The van der Waals surface area contributed by atoms with E-state index in [0.29, 0.717) is 26.2 Å². The number of hydrogen-bond acceptors (Lipinski definition) is 5. The maximum Gasteiger partial charge on any atom is 0.321 e. The van der Waals surface area contributed by atoms with E-state index in [1.165, 1.54) is 4.90 Å². The standard InChI is InChI=1S/C21H26N4O4/c1-15(2)19(20(26)23-28)25-11-10-24(21(25)27)13-16-5-7-18(8-6-16)29-14-17-4-3-9-22-12-17/h3-9,12,15,19,28H,10-11,13-14H2,1-2H3,(H,23,26). The summed E-state index contributed by atoms with van der Waals surface area (Å²) >= 11 is 0. The summed E-state index contributed by atoms with van der Waals surface area (Å²) in [5.74, 6) is 0.0686. The highest BCUT2D eigenvalue weighted by Gasteiger charge is 2.38. The third-order valence-corrected chi connectivity index (χ3v) is 4.90. The molecule has 1 unspecified atom stereocenters. The van der Waals surface area contributed by atoms with E-state index < -0.39 is 11.9 Å². The largest absolute Gasteiger partial charge is 0.489 e. The summed E-state index contributed by atoms with van der Waals surface area (Å²) in [6.07, 6.45) is 3.49. The Morgan fingerprint density at radius 3 is 2.59 bits per heavy atom. The number of amides is 3. The average Bonchev–Trinajstić information content (AvgIpc) is 3.08. The van der Waals surface area contributed by atoms with Gasteiger partial charge in [0.2, 0.25) is 0 Å². The van der Waals surface area contributed by atoms with Crippen LogP contribution >= 0.6 is 0 Å². The van der Waals surface area contributed by atoms with E-state index in [-0.39, 0.29) is 11.9 Å². The number of nitrogens with one attached hydrogen (secondary N) is 1. The Bertz CT molecular complexity index is 826. The Hall–Kier alpha value is -3.13. The SMILES string of the molecule is CC(C)C(C(=O)NO)N1CCN(Cc2ccc(OCc3cccnc3)cc2)C1=O. The van der Waals surface area contributed by atoms with Gasteiger partial charge >= 0.3 is 6.03 Å². The number of benzene rings is 1. The fraction of sp³-hybridized carbons (Fsp3) is 0.381. The van der Waals surface area contributed by atoms with E-state index in [2.05, 4.69) is 4.98 Å². The highest BCUT2D eigenvalue weighted by atomic mass is 16.5. The second-order valence-electron chi connectivity index (χ2n) is 7.36. The third kappa shape index (κ3) is 5.03. The first-order valence-electron chi connectivity index (χ1n) is 9.59. The lowest BCUT2D eigenvalue weighted by molar-refractivity contribution is -0.135. The fourth-order valence-electron chi connectivity index (χ4n) is 3.44. The van der Waals surface area contributed by atoms with Crippen molar-refractivity contribution in [2.24, 2.45) is 5.92 Å². The molecule has 154 valence electrons. The summed E-state index contributed by atoms with van der Waals surface area (Å²) in [4.78, 5) is 32.0. The molecule has 2 aromatic rings. The molecule has 0 radical (unpaired) electrons. The summed E-state index contributed by atoms with van der Waals surface area (Å²) in [5.41, 5.74) is 3.63. The summed E-state index contributed by atoms with van der Waals surface area (Å²) in [6.45, 7) is 5.56. The first kappa shape index (κ1) is 20.6. The van der Waals surface area contributed by atoms with Gasteiger partial charge in [0, 0.05) is 37.6 Å². The molecule has 3 amide bonds. The molecular formula is C21H26N4O4. The van der Waals surface area contributed by atoms with Crippen LogP contribution < -0.4 is 10.2 Å². The Labute approximate surface area is 170 Å². The normalized spacial score (nSPS) is 15.0. The van der Waals surface area contributed by atoms with Gasteiger partial charge in [0.05, 0.1) is 0 Å². The van der Waals surface area contributed by atoms with Gasteiger partial charge < -0.3 is 14.5 Å². The molecule has 1 saturated heterocycles. The van der Waals surface area contributed by atoms with E-state index in [1.807, 2.05) is 50.2 Å². The number of carbonyl (C=O) groups is 2. The lowest BCUT2D eigenvalue weighted by Crippen LogP contribution is -2.50. The van der Waals surface area contributed by atoms with E-state index in [0.717, 1.165) is 16.9 Å². The maximum atomic E-state index is 12.8. The van der Waals surface area contributed by atoms with Crippen LogP contribution in [0.2, 0.25) is 0 Å². The Balaban J connectivity index is 1.57. The van der Waals surface area contributed by atoms with Crippen LogP contribution in [-0.4, -0.2) is 51.1 Å². The van der Waals surface area contributed by atoms with Gasteiger partial charge in [0.1, 0.15) is 18.4 Å². The topological polar surface area (TPSA) is 95.0 Å². The zero-order chi connectivity index (χ0) is 20.8. The second-order valence-corrected chi connectivity index (χ2v) is 7.36. The fourth-order valence-corrected chi connectivity index (χ4v) is 3.44. The number of aromatic nitrogens is 1. The first-order chi connectivity index (χ1) is 14.0. The van der Waals surface area contributed by atoms with Crippen LogP contribution in [0.1, 0.15) is 25.0 Å². The molecule has 8 nitrogen and oxygen atoms in total. The van der Waals surface area contributed by atoms with Crippen LogP contribution in [0, 0.1) is 5.92 Å². The van der Waals surface area contributed by atoms with E-state index in [4.69, 9.17) is 9.94 Å². The summed E-state index contributed by atoms with van der Waals surface area (Å²) < 4.78 is 5.75. The van der Waals surface area contributed by atoms with Gasteiger partial charge in [-0.25, -0.2) is 10.3 Å². The van der Waals surface area contributed by atoms with Crippen LogP contribution in [0.5, 0.6) is 5.75 Å². The molecule has 0 bridgehead atoms. The summed E-state index contributed by atoms with van der Waals surface area (Å²) in [5, 5.41) is 8.98. The molecule has 1 aliphatic heterocycles. The molecule has 29 heavy (non-hydrogen) atoms. The highest BCUT2D eigenvalue weighted by molar-refractivity contribution is 5.87. The molecule has 2 N–H and O–H groups in total. The molecule has 1 aliphatic rings. The van der Waals surface area contributed by atoms with Gasteiger partial charge in [-0.15, -0.1) is 0 Å². The lowest BCUT2D eigenvalue weighted by atomic mass is 10.0. The molecule has 0 saturated carbocycles. The van der Waals surface area contributed by atoms with Gasteiger partial charge in [-0.1, -0.05) is 32.0 Å². The molecular weight excluding hydrogens is 372 g/mol. The van der Waals surface area contributed by atoms with E-state index in [9.17, 15) is 9.59 Å². The van der Waals surface area contributed by atoms with Crippen LogP contribution in [0.25, 0.3) is 0 Å². The van der Waals surface area contributed by atoms with Crippen molar-refractivity contribution in [1.82, 2.24) is 20.3 Å². The Morgan fingerprint density at radius 2 is 1.97 bits per heavy atom. The monoisotopic (exact) mass is 398 g/mol. The predicted octanol–water partition coefficient (Wildman–Crippen LogP) is 2.43. The number of carbonyl (C=O) groups excluding carboxylic acids is 2. The number of hydroxylamine groups is 1. The van der Waals surface area contributed by atoms with Crippen LogP contribution in [0.15, 0.2) is 48.8 Å². The smallest absolute Gasteiger partial charge is 0.321 e. The zero-order valence-electron chi connectivity index (χ0n) is 16.6. The van der Waals surface area contributed by atoms with Crippen molar-refractivity contribution >= 4 is 11.9 Å². The minimum atomic E-state index is -0.694. The van der Waals surface area contributed by atoms with Crippen LogP contribution in [0.3, 0.4) is 0 Å². The predicted molar refractivity (Wildman–Crippen MR) is 106 cm³/mol. The van der Waals surface area contributed by atoms with Crippen molar-refractivity contribution in [3.8, 4) is 5.75 Å². The van der Waals surface area contributed by atoms with Crippen molar-refractivity contribution in [1.29, 1.82) is 0 Å². The number of ether oxygens (including phenoxy) is 1. The summed E-state index contributed by atoms with van der Waals surface area (Å²) in [7, 11) is 0. The maximum absolute atomic E-state index is 12.8. The molecule has 2 heterocycles. The first-order valence-corrected chi connectivity index (χ1v) is 9.59. The van der Waals surface area contributed by atoms with E-state index in [1.54, 1.807) is 22.8 Å². The highest BCUT2D eigenvalue weighted by Crippen LogP contribution is 2.21. The molecule has 0 aliphatic carbocycles. The van der Waals surface area contributed by atoms with Crippen LogP contribution in [-0.2, 0) is 17.9 Å². The Morgan fingerprint density at radius 1 is 1.21 bits per heavy atom. The zero-order valence-corrected chi connectivity index (χ0v) is 16.6. The lowest BCUT2D eigenvalue weighted by Gasteiger charge is -2.29. The minimum absolute atomic E-state index is 0.109. The van der Waals surface area contributed by atoms with Gasteiger partial charge in [-0.2, -0.15) is 0 Å².